The van der Waals surface area contributed by atoms with Crippen LogP contribution in [0, 0.1) is 0 Å². The molecule has 0 unspecified atom stereocenters. The standard InChI is InChI=1S/2C18H32O2.3C3H8O3/c2*1-2-3-4-5-6-7-8-9-10-11-12-13-14-15-16-17-18(19)20;3*4-1-3(6)2-5/h2*6-7,9-10H,2-5,8,11-17H2,1H3,(H,19,20);3*3-6H,1-2H2/b2*7-6-,10-9-;;;. The number of carboxylic acid groups (broad SMARTS) is 2. The van der Waals surface area contributed by atoms with Crippen LogP contribution in [0.1, 0.15) is 168 Å². The number of allylic oxidation sites excluding steroid dienone is 8. The highest BCUT2D eigenvalue weighted by Crippen LogP contribution is 2.09. The summed E-state index contributed by atoms with van der Waals surface area (Å²) in [6.45, 7) is 2.28. The van der Waals surface area contributed by atoms with Gasteiger partial charge in [-0.1, -0.05) is 127 Å². The Bertz CT molecular complexity index is 802. The van der Waals surface area contributed by atoms with Gasteiger partial charge in [0.2, 0.25) is 0 Å². The van der Waals surface area contributed by atoms with Crippen LogP contribution in [-0.2, 0) is 9.59 Å². The molecule has 0 aromatic rings. The summed E-state index contributed by atoms with van der Waals surface area (Å²) in [6, 6.07) is 0. The second kappa shape index (κ2) is 61.2. The third kappa shape index (κ3) is 78.0. The Morgan fingerprint density at radius 3 is 0.793 bits per heavy atom. The number of aliphatic carboxylic acids is 2. The second-order valence-corrected chi connectivity index (χ2v) is 13.8. The van der Waals surface area contributed by atoms with Crippen molar-refractivity contribution >= 4 is 11.9 Å². The minimum absolute atomic E-state index is 0.324. The summed E-state index contributed by atoms with van der Waals surface area (Å²) in [7, 11) is 0. The van der Waals surface area contributed by atoms with Crippen LogP contribution >= 0.6 is 0 Å². The van der Waals surface area contributed by atoms with E-state index in [1.165, 1.54) is 89.9 Å². The van der Waals surface area contributed by atoms with E-state index in [-0.39, 0.29) is 39.6 Å². The highest BCUT2D eigenvalue weighted by Gasteiger charge is 1.98. The molecule has 0 aliphatic rings. The monoisotopic (exact) mass is 837 g/mol. The van der Waals surface area contributed by atoms with Gasteiger partial charge in [-0.15, -0.1) is 0 Å². The summed E-state index contributed by atoms with van der Waals surface area (Å²) in [5.41, 5.74) is 0. The van der Waals surface area contributed by atoms with Gasteiger partial charge in [-0.2, -0.15) is 0 Å². The van der Waals surface area contributed by atoms with E-state index in [0.29, 0.717) is 12.8 Å². The number of hydrogen-bond donors (Lipinski definition) is 11. The molecule has 0 fully saturated rings. The normalized spacial score (nSPS) is 11.1. The Morgan fingerprint density at radius 2 is 0.586 bits per heavy atom. The lowest BCUT2D eigenvalue weighted by atomic mass is 10.1. The molecule has 11 N–H and O–H groups in total. The maximum atomic E-state index is 10.3. The number of aliphatic hydroxyl groups excluding tert-OH is 9. The minimum atomic E-state index is -0.954. The van der Waals surface area contributed by atoms with Gasteiger partial charge >= 0.3 is 11.9 Å². The van der Waals surface area contributed by atoms with E-state index >= 15 is 0 Å². The Labute approximate surface area is 351 Å². The number of unbranched alkanes of at least 4 members (excludes halogenated alkanes) is 16. The number of aliphatic hydroxyl groups is 9. The molecular weight excluding hydrogens is 748 g/mol. The van der Waals surface area contributed by atoms with Gasteiger partial charge in [0.1, 0.15) is 18.3 Å². The fraction of sp³-hybridized carbons (Fsp3) is 0.778. The Morgan fingerprint density at radius 1 is 0.362 bits per heavy atom. The van der Waals surface area contributed by atoms with Crippen molar-refractivity contribution in [2.75, 3.05) is 39.6 Å². The third-order valence-electron chi connectivity index (χ3n) is 7.95. The molecule has 0 bridgehead atoms. The molecule has 0 saturated carbocycles. The average Bonchev–Trinajstić information content (AvgIpc) is 3.23. The fourth-order valence-corrected chi connectivity index (χ4v) is 4.35. The summed E-state index contributed by atoms with van der Waals surface area (Å²) < 4.78 is 0. The van der Waals surface area contributed by atoms with Crippen molar-refractivity contribution in [1.29, 1.82) is 0 Å². The molecule has 346 valence electrons. The number of carbonyl (C=O) groups is 2. The summed E-state index contributed by atoms with van der Waals surface area (Å²) in [6.07, 6.45) is 41.7. The zero-order valence-electron chi connectivity index (χ0n) is 36.3. The van der Waals surface area contributed by atoms with Crippen LogP contribution in [0.25, 0.3) is 0 Å². The number of hydrogen-bond acceptors (Lipinski definition) is 11. The molecule has 0 amide bonds. The van der Waals surface area contributed by atoms with Crippen LogP contribution in [0.5, 0.6) is 0 Å². The summed E-state index contributed by atoms with van der Waals surface area (Å²) >= 11 is 0. The molecule has 13 nitrogen and oxygen atoms in total. The van der Waals surface area contributed by atoms with E-state index in [9.17, 15) is 9.59 Å². The van der Waals surface area contributed by atoms with Crippen molar-refractivity contribution in [3.63, 3.8) is 0 Å². The maximum absolute atomic E-state index is 10.3. The topological polar surface area (TPSA) is 257 Å². The van der Waals surface area contributed by atoms with Crippen molar-refractivity contribution in [3.8, 4) is 0 Å². The third-order valence-corrected chi connectivity index (χ3v) is 7.95. The molecule has 0 heterocycles. The highest BCUT2D eigenvalue weighted by molar-refractivity contribution is 5.66. The van der Waals surface area contributed by atoms with Crippen LogP contribution in [0.3, 0.4) is 0 Å². The van der Waals surface area contributed by atoms with Gasteiger partial charge < -0.3 is 56.2 Å². The minimum Gasteiger partial charge on any atom is -0.481 e. The summed E-state index contributed by atoms with van der Waals surface area (Å²) in [5, 5.41) is 89.1. The van der Waals surface area contributed by atoms with Gasteiger partial charge in [0.15, 0.2) is 0 Å². The quantitative estimate of drug-likeness (QED) is 0.0237. The van der Waals surface area contributed by atoms with E-state index in [2.05, 4.69) is 62.5 Å². The number of rotatable bonds is 34. The van der Waals surface area contributed by atoms with Gasteiger partial charge in [-0.25, -0.2) is 0 Å². The van der Waals surface area contributed by atoms with Crippen LogP contribution in [-0.4, -0.2) is 126 Å². The van der Waals surface area contributed by atoms with Gasteiger partial charge in [-0.05, 0) is 77.0 Å². The predicted octanol–water partition coefficient (Wildman–Crippen LogP) is 6.76. The largest absolute Gasteiger partial charge is 0.481 e. The summed E-state index contributed by atoms with van der Waals surface area (Å²) in [5.74, 6) is -1.34. The SMILES string of the molecule is CCCCC/C=C\C/C=C\CCCCCCCC(=O)O.CCCCC/C=C\C/C=C\CCCCCCCC(=O)O.OCC(O)CO.OCC(O)CO.OCC(O)CO. The van der Waals surface area contributed by atoms with E-state index < -0.39 is 30.3 Å². The first-order valence-electron chi connectivity index (χ1n) is 21.7. The van der Waals surface area contributed by atoms with Crippen LogP contribution in [0.4, 0.5) is 0 Å². The van der Waals surface area contributed by atoms with Crippen molar-refractivity contribution in [3.05, 3.63) is 48.6 Å². The average molecular weight is 837 g/mol. The van der Waals surface area contributed by atoms with Gasteiger partial charge in [0.05, 0.1) is 39.6 Å². The van der Waals surface area contributed by atoms with Crippen LogP contribution in [0.15, 0.2) is 48.6 Å². The van der Waals surface area contributed by atoms with Gasteiger partial charge in [0, 0.05) is 12.8 Å². The molecule has 0 aliphatic carbocycles. The molecule has 0 rings (SSSR count). The maximum Gasteiger partial charge on any atom is 0.303 e. The summed E-state index contributed by atoms with van der Waals surface area (Å²) in [4.78, 5) is 20.6. The van der Waals surface area contributed by atoms with Crippen molar-refractivity contribution in [2.24, 2.45) is 0 Å². The zero-order chi connectivity index (χ0) is 44.8. The predicted molar refractivity (Wildman–Crippen MR) is 235 cm³/mol. The van der Waals surface area contributed by atoms with E-state index in [4.69, 9.17) is 56.2 Å². The van der Waals surface area contributed by atoms with Crippen LogP contribution < -0.4 is 0 Å². The first-order valence-corrected chi connectivity index (χ1v) is 21.7. The van der Waals surface area contributed by atoms with E-state index in [1.54, 1.807) is 0 Å². The molecule has 58 heavy (non-hydrogen) atoms. The van der Waals surface area contributed by atoms with Crippen molar-refractivity contribution < 1.29 is 65.8 Å². The molecule has 0 aliphatic heterocycles. The zero-order valence-corrected chi connectivity index (χ0v) is 36.3. The first-order chi connectivity index (χ1) is 28.0. The second-order valence-electron chi connectivity index (χ2n) is 13.8. The molecule has 0 radical (unpaired) electrons. The lowest BCUT2D eigenvalue weighted by Gasteiger charge is -1.98. The highest BCUT2D eigenvalue weighted by atomic mass is 16.4. The Balaban J connectivity index is -0.000000228. The molecule has 0 aromatic heterocycles. The molecule has 13 heteroatoms. The van der Waals surface area contributed by atoms with E-state index in [0.717, 1.165) is 51.4 Å². The molecule has 0 atom stereocenters. The van der Waals surface area contributed by atoms with Gasteiger partial charge in [0.25, 0.3) is 0 Å². The lowest BCUT2D eigenvalue weighted by molar-refractivity contribution is -0.138. The van der Waals surface area contributed by atoms with Gasteiger partial charge in [-0.3, -0.25) is 9.59 Å². The Kier molecular flexibility index (Phi) is 68.3. The molecule has 0 spiro atoms. The fourth-order valence-electron chi connectivity index (χ4n) is 4.35. The Hall–Kier alpha value is -2.46. The van der Waals surface area contributed by atoms with E-state index in [1.807, 2.05) is 0 Å². The smallest absolute Gasteiger partial charge is 0.303 e. The lowest BCUT2D eigenvalue weighted by Crippen LogP contribution is -2.15. The molecular formula is C45H88O13. The number of carboxylic acids is 2. The molecule has 0 saturated heterocycles. The molecule has 0 aromatic carbocycles. The van der Waals surface area contributed by atoms with Crippen molar-refractivity contribution in [1.82, 2.24) is 0 Å². The van der Waals surface area contributed by atoms with Crippen molar-refractivity contribution in [2.45, 2.75) is 186 Å². The first kappa shape index (κ1) is 64.7. The van der Waals surface area contributed by atoms with Crippen LogP contribution in [0.2, 0.25) is 0 Å².